The number of aromatic nitrogens is 1. The van der Waals surface area contributed by atoms with Crippen molar-refractivity contribution in [1.82, 2.24) is 4.98 Å². The predicted molar refractivity (Wildman–Crippen MR) is 73.7 cm³/mol. The van der Waals surface area contributed by atoms with Crippen LogP contribution < -0.4 is 4.90 Å². The van der Waals surface area contributed by atoms with E-state index in [0.29, 0.717) is 0 Å². The monoisotopic (exact) mass is 244 g/mol. The molecule has 17 heavy (non-hydrogen) atoms. The molecule has 2 aromatic rings. The van der Waals surface area contributed by atoms with Gasteiger partial charge in [0.25, 0.3) is 0 Å². The van der Waals surface area contributed by atoms with Crippen LogP contribution in [0.3, 0.4) is 0 Å². The third-order valence-electron chi connectivity index (χ3n) is 3.19. The number of anilines is 1. The number of hydrogen-bond acceptors (Lipinski definition) is 3. The van der Waals surface area contributed by atoms with Crippen LogP contribution in [0.15, 0.2) is 30.5 Å². The molecule has 0 spiro atoms. The lowest BCUT2D eigenvalue weighted by Gasteiger charge is -2.17. The van der Waals surface area contributed by atoms with E-state index in [4.69, 9.17) is 0 Å². The highest BCUT2D eigenvalue weighted by atomic mass is 32.1. The topological polar surface area (TPSA) is 16.1 Å². The Kier molecular flexibility index (Phi) is 2.85. The minimum Gasteiger partial charge on any atom is -0.372 e. The van der Waals surface area contributed by atoms with Gasteiger partial charge in [-0.15, -0.1) is 11.3 Å². The highest BCUT2D eigenvalue weighted by Gasteiger charge is 2.13. The lowest BCUT2D eigenvalue weighted by atomic mass is 10.2. The largest absolute Gasteiger partial charge is 0.372 e. The van der Waals surface area contributed by atoms with Crippen LogP contribution in [0.25, 0.3) is 10.6 Å². The first-order valence-corrected chi connectivity index (χ1v) is 6.92. The van der Waals surface area contributed by atoms with E-state index in [2.05, 4.69) is 41.1 Å². The molecule has 88 valence electrons. The molecular formula is C14H16N2S. The van der Waals surface area contributed by atoms with Gasteiger partial charge in [0.2, 0.25) is 0 Å². The Balaban J connectivity index is 1.93. The van der Waals surface area contributed by atoms with Crippen molar-refractivity contribution < 1.29 is 0 Å². The molecule has 1 aromatic carbocycles. The van der Waals surface area contributed by atoms with Gasteiger partial charge in [0.15, 0.2) is 0 Å². The fraction of sp³-hybridized carbons (Fsp3) is 0.357. The van der Waals surface area contributed by atoms with Crippen LogP contribution in [-0.2, 0) is 0 Å². The number of aryl methyl sites for hydroxylation is 1. The van der Waals surface area contributed by atoms with E-state index in [1.54, 1.807) is 11.3 Å². The normalized spacial score (nSPS) is 15.5. The molecule has 3 rings (SSSR count). The van der Waals surface area contributed by atoms with Gasteiger partial charge in [-0.25, -0.2) is 4.98 Å². The third kappa shape index (κ3) is 2.20. The van der Waals surface area contributed by atoms with Gasteiger partial charge in [-0.3, -0.25) is 0 Å². The van der Waals surface area contributed by atoms with Crippen LogP contribution >= 0.6 is 11.3 Å². The molecule has 0 aliphatic carbocycles. The molecule has 1 aromatic heterocycles. The maximum absolute atomic E-state index is 4.45. The Morgan fingerprint density at radius 2 is 2.06 bits per heavy atom. The average Bonchev–Trinajstić information content (AvgIpc) is 3.00. The van der Waals surface area contributed by atoms with Crippen molar-refractivity contribution in [3.8, 4) is 10.6 Å². The van der Waals surface area contributed by atoms with Gasteiger partial charge in [-0.2, -0.15) is 0 Å². The summed E-state index contributed by atoms with van der Waals surface area (Å²) in [5.74, 6) is 0. The van der Waals surface area contributed by atoms with Crippen LogP contribution in [0.5, 0.6) is 0 Å². The highest BCUT2D eigenvalue weighted by molar-refractivity contribution is 7.14. The second kappa shape index (κ2) is 4.49. The minimum atomic E-state index is 1.13. The van der Waals surface area contributed by atoms with Crippen molar-refractivity contribution in [2.75, 3.05) is 18.0 Å². The maximum Gasteiger partial charge on any atom is 0.123 e. The van der Waals surface area contributed by atoms with Crippen molar-refractivity contribution in [1.29, 1.82) is 0 Å². The fourth-order valence-electron chi connectivity index (χ4n) is 2.30. The van der Waals surface area contributed by atoms with E-state index >= 15 is 0 Å². The SMILES string of the molecule is Cc1cnc(-c2cccc(N3CCCC3)c2)s1. The molecule has 0 bridgehead atoms. The van der Waals surface area contributed by atoms with Crippen molar-refractivity contribution in [2.24, 2.45) is 0 Å². The summed E-state index contributed by atoms with van der Waals surface area (Å²) in [6, 6.07) is 8.76. The van der Waals surface area contributed by atoms with Gasteiger partial charge in [0.1, 0.15) is 5.01 Å². The van der Waals surface area contributed by atoms with Crippen molar-refractivity contribution in [3.05, 3.63) is 35.3 Å². The van der Waals surface area contributed by atoms with Gasteiger partial charge < -0.3 is 4.90 Å². The second-order valence-electron chi connectivity index (χ2n) is 4.52. The van der Waals surface area contributed by atoms with Crippen LogP contribution in [0.4, 0.5) is 5.69 Å². The summed E-state index contributed by atoms with van der Waals surface area (Å²) in [7, 11) is 0. The number of hydrogen-bond donors (Lipinski definition) is 0. The zero-order valence-corrected chi connectivity index (χ0v) is 10.8. The first kappa shape index (κ1) is 10.8. The summed E-state index contributed by atoms with van der Waals surface area (Å²) in [5.41, 5.74) is 2.58. The molecule has 0 saturated carbocycles. The summed E-state index contributed by atoms with van der Waals surface area (Å²) in [5, 5.41) is 1.13. The second-order valence-corrected chi connectivity index (χ2v) is 5.76. The molecular weight excluding hydrogens is 228 g/mol. The van der Waals surface area contributed by atoms with Crippen LogP contribution in [0.2, 0.25) is 0 Å². The van der Waals surface area contributed by atoms with Crippen LogP contribution in [0.1, 0.15) is 17.7 Å². The van der Waals surface area contributed by atoms with Gasteiger partial charge >= 0.3 is 0 Å². The van der Waals surface area contributed by atoms with Crippen molar-refractivity contribution in [2.45, 2.75) is 19.8 Å². The summed E-state index contributed by atoms with van der Waals surface area (Å²) in [6.07, 6.45) is 4.59. The summed E-state index contributed by atoms with van der Waals surface area (Å²) in [6.45, 7) is 4.49. The Morgan fingerprint density at radius 1 is 1.24 bits per heavy atom. The number of thiazole rings is 1. The molecule has 1 aliphatic rings. The Hall–Kier alpha value is -1.35. The molecule has 2 heterocycles. The van der Waals surface area contributed by atoms with Crippen molar-refractivity contribution >= 4 is 17.0 Å². The minimum absolute atomic E-state index is 1.13. The van der Waals surface area contributed by atoms with Gasteiger partial charge in [-0.1, -0.05) is 12.1 Å². The zero-order valence-electron chi connectivity index (χ0n) is 10.0. The predicted octanol–water partition coefficient (Wildman–Crippen LogP) is 3.72. The smallest absolute Gasteiger partial charge is 0.123 e. The summed E-state index contributed by atoms with van der Waals surface area (Å²) >= 11 is 1.76. The third-order valence-corrected chi connectivity index (χ3v) is 4.15. The van der Waals surface area contributed by atoms with Crippen LogP contribution in [0, 0.1) is 6.92 Å². The summed E-state index contributed by atoms with van der Waals surface area (Å²) in [4.78, 5) is 8.19. The molecule has 2 nitrogen and oxygen atoms in total. The Labute approximate surface area is 106 Å². The molecule has 1 fully saturated rings. The molecule has 0 atom stereocenters. The lowest BCUT2D eigenvalue weighted by molar-refractivity contribution is 0.949. The van der Waals surface area contributed by atoms with Crippen LogP contribution in [-0.4, -0.2) is 18.1 Å². The molecule has 0 radical (unpaired) electrons. The van der Waals surface area contributed by atoms with Gasteiger partial charge in [0, 0.05) is 35.4 Å². The van der Waals surface area contributed by atoms with E-state index in [-0.39, 0.29) is 0 Å². The molecule has 0 amide bonds. The number of rotatable bonds is 2. The lowest BCUT2D eigenvalue weighted by Crippen LogP contribution is -2.17. The number of nitrogens with zero attached hydrogens (tertiary/aromatic N) is 2. The quantitative estimate of drug-likeness (QED) is 0.800. The zero-order chi connectivity index (χ0) is 11.7. The first-order chi connectivity index (χ1) is 8.33. The van der Waals surface area contributed by atoms with E-state index in [9.17, 15) is 0 Å². The van der Waals surface area contributed by atoms with E-state index in [1.807, 2.05) is 6.20 Å². The molecule has 1 saturated heterocycles. The standard InChI is InChI=1S/C14H16N2S/c1-11-10-15-14(17-11)12-5-4-6-13(9-12)16-7-2-3-8-16/h4-6,9-10H,2-3,7-8H2,1H3. The highest BCUT2D eigenvalue weighted by Crippen LogP contribution is 2.29. The molecule has 0 unspecified atom stereocenters. The Morgan fingerprint density at radius 3 is 2.76 bits per heavy atom. The van der Waals surface area contributed by atoms with Crippen molar-refractivity contribution in [3.63, 3.8) is 0 Å². The molecule has 1 aliphatic heterocycles. The van der Waals surface area contributed by atoms with E-state index in [1.165, 1.54) is 42.1 Å². The average molecular weight is 244 g/mol. The summed E-state index contributed by atoms with van der Waals surface area (Å²) < 4.78 is 0. The molecule has 3 heteroatoms. The van der Waals surface area contributed by atoms with Gasteiger partial charge in [-0.05, 0) is 31.9 Å². The molecule has 0 N–H and O–H groups in total. The fourth-order valence-corrected chi connectivity index (χ4v) is 3.06. The maximum atomic E-state index is 4.45. The van der Waals surface area contributed by atoms with E-state index in [0.717, 1.165) is 5.01 Å². The van der Waals surface area contributed by atoms with Gasteiger partial charge in [0.05, 0.1) is 0 Å². The number of benzene rings is 1. The Bertz CT molecular complexity index is 512. The van der Waals surface area contributed by atoms with E-state index < -0.39 is 0 Å². The first-order valence-electron chi connectivity index (χ1n) is 6.11.